The standard InChI is InChI=1S/C14H10FNO4/c15-12-8-10(16(19)20)6-7-11(12)14(18)13(17)9-4-2-1-3-5-9/h1-8,13,17H. The highest BCUT2D eigenvalue weighted by Gasteiger charge is 2.23. The summed E-state index contributed by atoms with van der Waals surface area (Å²) in [5, 5.41) is 20.4. The largest absolute Gasteiger partial charge is 0.380 e. The summed E-state index contributed by atoms with van der Waals surface area (Å²) in [6.45, 7) is 0. The fourth-order valence-corrected chi connectivity index (χ4v) is 1.75. The zero-order chi connectivity index (χ0) is 14.7. The second-order valence-corrected chi connectivity index (χ2v) is 4.10. The molecule has 1 unspecified atom stereocenters. The third-order valence-electron chi connectivity index (χ3n) is 2.79. The summed E-state index contributed by atoms with van der Waals surface area (Å²) >= 11 is 0. The zero-order valence-electron chi connectivity index (χ0n) is 10.2. The SMILES string of the molecule is O=C(c1ccc([N+](=O)[O-])cc1F)C(O)c1ccccc1. The van der Waals surface area contributed by atoms with Crippen molar-refractivity contribution in [2.75, 3.05) is 0 Å². The zero-order valence-corrected chi connectivity index (χ0v) is 10.2. The summed E-state index contributed by atoms with van der Waals surface area (Å²) in [5.41, 5.74) is -0.504. The van der Waals surface area contributed by atoms with Gasteiger partial charge in [-0.05, 0) is 11.6 Å². The Bertz CT molecular complexity index is 657. The van der Waals surface area contributed by atoms with Crippen LogP contribution in [0.3, 0.4) is 0 Å². The normalized spacial score (nSPS) is 11.9. The van der Waals surface area contributed by atoms with Crippen molar-refractivity contribution < 1.29 is 19.2 Å². The van der Waals surface area contributed by atoms with Gasteiger partial charge in [0.1, 0.15) is 11.9 Å². The van der Waals surface area contributed by atoms with Gasteiger partial charge in [-0.3, -0.25) is 14.9 Å². The number of Topliss-reactive ketones (excluding diaryl/α,β-unsaturated/α-hetero) is 1. The first kappa shape index (κ1) is 13.8. The number of carbonyl (C=O) groups excluding carboxylic acids is 1. The molecule has 5 nitrogen and oxygen atoms in total. The average Bonchev–Trinajstić information content (AvgIpc) is 2.46. The van der Waals surface area contributed by atoms with E-state index in [4.69, 9.17) is 0 Å². The van der Waals surface area contributed by atoms with E-state index in [1.165, 1.54) is 12.1 Å². The number of aliphatic hydroxyl groups is 1. The summed E-state index contributed by atoms with van der Waals surface area (Å²) in [7, 11) is 0. The molecule has 0 aromatic heterocycles. The Morgan fingerprint density at radius 2 is 1.85 bits per heavy atom. The van der Waals surface area contributed by atoms with E-state index in [2.05, 4.69) is 0 Å². The van der Waals surface area contributed by atoms with E-state index < -0.39 is 28.3 Å². The van der Waals surface area contributed by atoms with Crippen LogP contribution in [0.15, 0.2) is 48.5 Å². The first-order valence-corrected chi connectivity index (χ1v) is 5.72. The van der Waals surface area contributed by atoms with Gasteiger partial charge in [0.2, 0.25) is 0 Å². The first-order valence-electron chi connectivity index (χ1n) is 5.72. The Morgan fingerprint density at radius 1 is 1.20 bits per heavy atom. The Hall–Kier alpha value is -2.60. The number of ketones is 1. The molecule has 0 saturated heterocycles. The monoisotopic (exact) mass is 275 g/mol. The Kier molecular flexibility index (Phi) is 3.86. The number of hydrogen-bond donors (Lipinski definition) is 1. The van der Waals surface area contributed by atoms with Crippen molar-refractivity contribution in [3.8, 4) is 0 Å². The maximum Gasteiger partial charge on any atom is 0.272 e. The van der Waals surface area contributed by atoms with Crippen LogP contribution in [0.4, 0.5) is 10.1 Å². The highest BCUT2D eigenvalue weighted by molar-refractivity contribution is 6.00. The summed E-state index contributed by atoms with van der Waals surface area (Å²) in [6, 6.07) is 10.7. The lowest BCUT2D eigenvalue weighted by Crippen LogP contribution is -2.14. The van der Waals surface area contributed by atoms with Gasteiger partial charge < -0.3 is 5.11 Å². The molecular weight excluding hydrogens is 265 g/mol. The third-order valence-corrected chi connectivity index (χ3v) is 2.79. The summed E-state index contributed by atoms with van der Waals surface area (Å²) in [6.07, 6.45) is -1.51. The molecule has 0 aliphatic carbocycles. The molecule has 6 heteroatoms. The molecule has 0 fully saturated rings. The molecule has 20 heavy (non-hydrogen) atoms. The van der Waals surface area contributed by atoms with Gasteiger partial charge in [0.15, 0.2) is 5.78 Å². The quantitative estimate of drug-likeness (QED) is 0.528. The molecule has 0 heterocycles. The first-order chi connectivity index (χ1) is 9.50. The Morgan fingerprint density at radius 3 is 2.40 bits per heavy atom. The summed E-state index contributed by atoms with van der Waals surface area (Å²) in [4.78, 5) is 21.7. The average molecular weight is 275 g/mol. The molecule has 0 spiro atoms. The summed E-state index contributed by atoms with van der Waals surface area (Å²) in [5.74, 6) is -1.87. The van der Waals surface area contributed by atoms with Crippen molar-refractivity contribution in [2.45, 2.75) is 6.10 Å². The summed E-state index contributed by atoms with van der Waals surface area (Å²) < 4.78 is 13.7. The van der Waals surface area contributed by atoms with E-state index in [9.17, 15) is 24.4 Å². The van der Waals surface area contributed by atoms with Crippen LogP contribution in [0.5, 0.6) is 0 Å². The number of nitro benzene ring substituents is 1. The highest BCUT2D eigenvalue weighted by atomic mass is 19.1. The molecule has 0 amide bonds. The number of benzene rings is 2. The minimum atomic E-state index is -1.51. The molecule has 102 valence electrons. The van der Waals surface area contributed by atoms with E-state index in [0.717, 1.165) is 12.1 Å². The number of hydrogen-bond acceptors (Lipinski definition) is 4. The molecule has 0 aliphatic heterocycles. The van der Waals surface area contributed by atoms with Crippen molar-refractivity contribution in [1.82, 2.24) is 0 Å². The number of nitrogens with zero attached hydrogens (tertiary/aromatic N) is 1. The molecule has 0 radical (unpaired) electrons. The second-order valence-electron chi connectivity index (χ2n) is 4.10. The lowest BCUT2D eigenvalue weighted by atomic mass is 9.99. The maximum absolute atomic E-state index is 13.7. The van der Waals surface area contributed by atoms with Gasteiger partial charge in [0, 0.05) is 6.07 Å². The van der Waals surface area contributed by atoms with Crippen molar-refractivity contribution in [3.05, 3.63) is 75.6 Å². The van der Waals surface area contributed by atoms with Crippen LogP contribution in [-0.2, 0) is 0 Å². The highest BCUT2D eigenvalue weighted by Crippen LogP contribution is 2.22. The van der Waals surface area contributed by atoms with Crippen molar-refractivity contribution in [3.63, 3.8) is 0 Å². The van der Waals surface area contributed by atoms with Gasteiger partial charge in [-0.25, -0.2) is 4.39 Å². The van der Waals surface area contributed by atoms with Crippen LogP contribution in [0.2, 0.25) is 0 Å². The third kappa shape index (κ3) is 2.70. The van der Waals surface area contributed by atoms with Crippen LogP contribution in [0, 0.1) is 15.9 Å². The number of halogens is 1. The topological polar surface area (TPSA) is 80.4 Å². The van der Waals surface area contributed by atoms with Crippen LogP contribution >= 0.6 is 0 Å². The van der Waals surface area contributed by atoms with Crippen molar-refractivity contribution in [1.29, 1.82) is 0 Å². The van der Waals surface area contributed by atoms with Crippen LogP contribution in [0.25, 0.3) is 0 Å². The molecular formula is C14H10FNO4. The fraction of sp³-hybridized carbons (Fsp3) is 0.0714. The van der Waals surface area contributed by atoms with Crippen molar-refractivity contribution in [2.24, 2.45) is 0 Å². The molecule has 0 aliphatic rings. The van der Waals surface area contributed by atoms with Gasteiger partial charge in [-0.15, -0.1) is 0 Å². The number of carbonyl (C=O) groups is 1. The molecule has 1 N–H and O–H groups in total. The molecule has 0 bridgehead atoms. The Labute approximate surface area is 113 Å². The van der Waals surface area contributed by atoms with Gasteiger partial charge in [0.25, 0.3) is 5.69 Å². The predicted octanol–water partition coefficient (Wildman–Crippen LogP) is 2.65. The van der Waals surface area contributed by atoms with Gasteiger partial charge >= 0.3 is 0 Å². The number of rotatable bonds is 4. The van der Waals surface area contributed by atoms with E-state index in [0.29, 0.717) is 11.6 Å². The molecule has 2 aromatic rings. The van der Waals surface area contributed by atoms with E-state index in [1.54, 1.807) is 18.2 Å². The van der Waals surface area contributed by atoms with Gasteiger partial charge in [0.05, 0.1) is 16.6 Å². The molecule has 1 atom stereocenters. The Balaban J connectivity index is 2.32. The van der Waals surface area contributed by atoms with E-state index in [1.807, 2.05) is 0 Å². The number of aliphatic hydroxyl groups excluding tert-OH is 1. The molecule has 2 aromatic carbocycles. The maximum atomic E-state index is 13.7. The van der Waals surface area contributed by atoms with Gasteiger partial charge in [-0.2, -0.15) is 0 Å². The molecule has 0 saturated carbocycles. The van der Waals surface area contributed by atoms with Crippen LogP contribution < -0.4 is 0 Å². The van der Waals surface area contributed by atoms with Gasteiger partial charge in [-0.1, -0.05) is 30.3 Å². The second kappa shape index (κ2) is 5.58. The minimum Gasteiger partial charge on any atom is -0.380 e. The lowest BCUT2D eigenvalue weighted by Gasteiger charge is -2.10. The van der Waals surface area contributed by atoms with Crippen LogP contribution in [0.1, 0.15) is 22.0 Å². The fourth-order valence-electron chi connectivity index (χ4n) is 1.75. The predicted molar refractivity (Wildman–Crippen MR) is 68.8 cm³/mol. The van der Waals surface area contributed by atoms with E-state index in [-0.39, 0.29) is 5.56 Å². The van der Waals surface area contributed by atoms with E-state index >= 15 is 0 Å². The van der Waals surface area contributed by atoms with Crippen molar-refractivity contribution >= 4 is 11.5 Å². The smallest absolute Gasteiger partial charge is 0.272 e. The molecule has 2 rings (SSSR count). The number of nitro groups is 1. The lowest BCUT2D eigenvalue weighted by molar-refractivity contribution is -0.385. The van der Waals surface area contributed by atoms with Crippen LogP contribution in [-0.4, -0.2) is 15.8 Å². The number of non-ortho nitro benzene ring substituents is 1. The minimum absolute atomic E-state index is 0.329.